The van der Waals surface area contributed by atoms with Gasteiger partial charge in [0.1, 0.15) is 0 Å². The van der Waals surface area contributed by atoms with E-state index in [0.29, 0.717) is 0 Å². The molecule has 1 unspecified atom stereocenters. The number of hydrogen-bond acceptors (Lipinski definition) is 1. The predicted molar refractivity (Wildman–Crippen MR) is 54.1 cm³/mol. The molecule has 0 spiro atoms. The van der Waals surface area contributed by atoms with E-state index < -0.39 is 0 Å². The zero-order valence-electron chi connectivity index (χ0n) is 8.47. The molecule has 72 valence electrons. The smallest absolute Gasteiger partial charge is 0.229 e. The SMILES string of the molecule is C=C(C)CCN1C(=C)CC(C)C1=O. The molecule has 1 fully saturated rings. The largest absolute Gasteiger partial charge is 0.316 e. The van der Waals surface area contributed by atoms with E-state index in [1.165, 1.54) is 0 Å². The Balaban J connectivity index is 2.54. The maximum Gasteiger partial charge on any atom is 0.229 e. The minimum absolute atomic E-state index is 0.123. The fourth-order valence-electron chi connectivity index (χ4n) is 1.54. The first-order valence-electron chi connectivity index (χ1n) is 4.66. The lowest BCUT2D eigenvalue weighted by molar-refractivity contribution is -0.129. The third-order valence-electron chi connectivity index (χ3n) is 2.37. The number of likely N-dealkylation sites (tertiary alicyclic amines) is 1. The van der Waals surface area contributed by atoms with Gasteiger partial charge >= 0.3 is 0 Å². The molecule has 0 bridgehead atoms. The van der Waals surface area contributed by atoms with Crippen molar-refractivity contribution in [2.24, 2.45) is 5.92 Å². The van der Waals surface area contributed by atoms with Crippen molar-refractivity contribution in [2.75, 3.05) is 6.54 Å². The third kappa shape index (κ3) is 2.20. The second-order valence-corrected chi connectivity index (χ2v) is 3.87. The van der Waals surface area contributed by atoms with Gasteiger partial charge in [-0.3, -0.25) is 4.79 Å². The van der Waals surface area contributed by atoms with Crippen LogP contribution in [0.3, 0.4) is 0 Å². The minimum atomic E-state index is 0.123. The van der Waals surface area contributed by atoms with Crippen molar-refractivity contribution in [3.63, 3.8) is 0 Å². The van der Waals surface area contributed by atoms with Crippen LogP contribution in [0, 0.1) is 5.92 Å². The highest BCUT2D eigenvalue weighted by Crippen LogP contribution is 2.26. The maximum absolute atomic E-state index is 11.6. The Morgan fingerprint density at radius 3 is 2.69 bits per heavy atom. The van der Waals surface area contributed by atoms with Crippen molar-refractivity contribution >= 4 is 5.91 Å². The Hall–Kier alpha value is -1.05. The van der Waals surface area contributed by atoms with E-state index in [2.05, 4.69) is 13.2 Å². The fourth-order valence-corrected chi connectivity index (χ4v) is 1.54. The van der Waals surface area contributed by atoms with Crippen LogP contribution in [-0.2, 0) is 4.79 Å². The molecular formula is C11H17NO. The van der Waals surface area contributed by atoms with Crippen molar-refractivity contribution in [3.8, 4) is 0 Å². The van der Waals surface area contributed by atoms with Gasteiger partial charge in [0, 0.05) is 18.2 Å². The zero-order chi connectivity index (χ0) is 10.0. The van der Waals surface area contributed by atoms with Crippen molar-refractivity contribution in [1.29, 1.82) is 0 Å². The van der Waals surface area contributed by atoms with Crippen LogP contribution in [0.5, 0.6) is 0 Å². The Bertz CT molecular complexity index is 255. The Morgan fingerprint density at radius 2 is 2.31 bits per heavy atom. The van der Waals surface area contributed by atoms with Crippen molar-refractivity contribution in [3.05, 3.63) is 24.4 Å². The summed E-state index contributed by atoms with van der Waals surface area (Å²) in [6, 6.07) is 0. The number of carbonyl (C=O) groups is 1. The summed E-state index contributed by atoms with van der Waals surface area (Å²) in [4.78, 5) is 13.4. The molecule has 1 aliphatic rings. The molecule has 1 aliphatic heterocycles. The lowest BCUT2D eigenvalue weighted by atomic mass is 10.1. The summed E-state index contributed by atoms with van der Waals surface area (Å²) in [5.74, 6) is 0.337. The number of amides is 1. The van der Waals surface area contributed by atoms with Crippen LogP contribution < -0.4 is 0 Å². The van der Waals surface area contributed by atoms with E-state index in [4.69, 9.17) is 0 Å². The van der Waals surface area contributed by atoms with Crippen LogP contribution in [0.4, 0.5) is 0 Å². The Labute approximate surface area is 79.9 Å². The van der Waals surface area contributed by atoms with Crippen molar-refractivity contribution in [1.82, 2.24) is 4.90 Å². The molecule has 0 aromatic carbocycles. The standard InChI is InChI=1S/C11H17NO/c1-8(2)5-6-12-10(4)7-9(3)11(12)13/h9H,1,4-7H2,2-3H3. The first-order chi connectivity index (χ1) is 6.02. The summed E-state index contributed by atoms with van der Waals surface area (Å²) in [7, 11) is 0. The van der Waals surface area contributed by atoms with Gasteiger partial charge in [0.15, 0.2) is 0 Å². The molecule has 1 amide bonds. The summed E-state index contributed by atoms with van der Waals surface area (Å²) >= 11 is 0. The van der Waals surface area contributed by atoms with Crippen LogP contribution in [0.25, 0.3) is 0 Å². The van der Waals surface area contributed by atoms with Crippen LogP contribution in [0.1, 0.15) is 26.7 Å². The maximum atomic E-state index is 11.6. The monoisotopic (exact) mass is 179 g/mol. The first-order valence-corrected chi connectivity index (χ1v) is 4.66. The van der Waals surface area contributed by atoms with E-state index in [9.17, 15) is 4.79 Å². The van der Waals surface area contributed by atoms with Gasteiger partial charge in [0.25, 0.3) is 0 Å². The van der Waals surface area contributed by atoms with Crippen LogP contribution in [0.15, 0.2) is 24.4 Å². The molecule has 1 saturated heterocycles. The summed E-state index contributed by atoms with van der Waals surface area (Å²) in [6.45, 7) is 12.4. The van der Waals surface area contributed by atoms with Gasteiger partial charge < -0.3 is 4.90 Å². The number of rotatable bonds is 3. The topological polar surface area (TPSA) is 20.3 Å². The second-order valence-electron chi connectivity index (χ2n) is 3.87. The van der Waals surface area contributed by atoms with Crippen molar-refractivity contribution < 1.29 is 4.79 Å². The zero-order valence-corrected chi connectivity index (χ0v) is 8.47. The highest BCUT2D eigenvalue weighted by molar-refractivity contribution is 5.83. The van der Waals surface area contributed by atoms with E-state index in [-0.39, 0.29) is 11.8 Å². The summed E-state index contributed by atoms with van der Waals surface area (Å²) < 4.78 is 0. The van der Waals surface area contributed by atoms with Gasteiger partial charge in [0.05, 0.1) is 0 Å². The van der Waals surface area contributed by atoms with Gasteiger partial charge in [-0.2, -0.15) is 0 Å². The average Bonchev–Trinajstić information content (AvgIpc) is 2.24. The highest BCUT2D eigenvalue weighted by Gasteiger charge is 2.30. The number of carbonyl (C=O) groups excluding carboxylic acids is 1. The fraction of sp³-hybridized carbons (Fsp3) is 0.545. The summed E-state index contributed by atoms with van der Waals surface area (Å²) in [5, 5.41) is 0. The molecule has 0 aromatic heterocycles. The molecule has 2 heteroatoms. The Kier molecular flexibility index (Phi) is 2.91. The molecule has 2 nitrogen and oxygen atoms in total. The summed E-state index contributed by atoms with van der Waals surface area (Å²) in [5.41, 5.74) is 2.07. The Morgan fingerprint density at radius 1 is 1.69 bits per heavy atom. The average molecular weight is 179 g/mol. The van der Waals surface area contributed by atoms with Gasteiger partial charge in [-0.25, -0.2) is 0 Å². The molecule has 13 heavy (non-hydrogen) atoms. The normalized spacial score (nSPS) is 22.6. The molecule has 0 N–H and O–H groups in total. The molecule has 1 heterocycles. The van der Waals surface area contributed by atoms with Crippen molar-refractivity contribution in [2.45, 2.75) is 26.7 Å². The van der Waals surface area contributed by atoms with Crippen LogP contribution >= 0.6 is 0 Å². The molecule has 1 atom stereocenters. The first kappa shape index (κ1) is 10.0. The van der Waals surface area contributed by atoms with Gasteiger partial charge in [-0.15, -0.1) is 6.58 Å². The molecule has 0 radical (unpaired) electrons. The third-order valence-corrected chi connectivity index (χ3v) is 2.37. The molecule has 0 saturated carbocycles. The lowest BCUT2D eigenvalue weighted by Gasteiger charge is -2.17. The van der Waals surface area contributed by atoms with Crippen LogP contribution in [-0.4, -0.2) is 17.4 Å². The van der Waals surface area contributed by atoms with E-state index in [1.807, 2.05) is 13.8 Å². The van der Waals surface area contributed by atoms with Gasteiger partial charge in [-0.1, -0.05) is 19.1 Å². The number of hydrogen-bond donors (Lipinski definition) is 0. The molecule has 0 aliphatic carbocycles. The van der Waals surface area contributed by atoms with Gasteiger partial charge in [-0.05, 0) is 19.8 Å². The quantitative estimate of drug-likeness (QED) is 0.609. The molecule has 1 rings (SSSR count). The highest BCUT2D eigenvalue weighted by atomic mass is 16.2. The summed E-state index contributed by atoms with van der Waals surface area (Å²) in [6.07, 6.45) is 1.69. The minimum Gasteiger partial charge on any atom is -0.316 e. The second kappa shape index (κ2) is 3.77. The molecule has 0 aromatic rings. The lowest BCUT2D eigenvalue weighted by Crippen LogP contribution is -2.26. The molecular weight excluding hydrogens is 162 g/mol. The van der Waals surface area contributed by atoms with Gasteiger partial charge in [0.2, 0.25) is 5.91 Å². The number of allylic oxidation sites excluding steroid dienone is 1. The van der Waals surface area contributed by atoms with E-state index in [1.54, 1.807) is 4.90 Å². The van der Waals surface area contributed by atoms with E-state index in [0.717, 1.165) is 30.7 Å². The van der Waals surface area contributed by atoms with Crippen LogP contribution in [0.2, 0.25) is 0 Å². The number of nitrogens with zero attached hydrogens (tertiary/aromatic N) is 1. The predicted octanol–water partition coefficient (Wildman–Crippen LogP) is 2.33. The van der Waals surface area contributed by atoms with E-state index >= 15 is 0 Å².